The third-order valence-electron chi connectivity index (χ3n) is 2.29. The largest absolute Gasteiger partial charge is 0.616 e. The highest BCUT2D eigenvalue weighted by atomic mass is 32.2. The molecule has 8 heteroatoms. The molecule has 1 radical (unpaired) electrons. The Morgan fingerprint density at radius 1 is 0.889 bits per heavy atom. The zero-order valence-electron chi connectivity index (χ0n) is 9.77. The Labute approximate surface area is 106 Å². The molecule has 0 saturated heterocycles. The van der Waals surface area contributed by atoms with Gasteiger partial charge in [-0.25, -0.2) is 5.11 Å². The van der Waals surface area contributed by atoms with Crippen LogP contribution in [0.2, 0.25) is 0 Å². The molecule has 0 rings (SSSR count). The highest BCUT2D eigenvalue weighted by molar-refractivity contribution is 7.91. The molecule has 0 aromatic rings. The van der Waals surface area contributed by atoms with E-state index in [9.17, 15) is 31.6 Å². The first-order valence-corrected chi connectivity index (χ1v) is 7.07. The van der Waals surface area contributed by atoms with Crippen molar-refractivity contribution in [1.29, 1.82) is 0 Å². The smallest absolute Gasteiger partial charge is 0.453 e. The fraction of sp³-hybridized carbons (Fsp3) is 1.00. The molecule has 0 saturated carbocycles. The number of unbranched alkanes of at least 4 members (excludes halogenated alkanes) is 2. The molecular weight excluding hydrogens is 279 g/mol. The minimum absolute atomic E-state index is 0.164. The topological polar surface area (TPSA) is 43.0 Å². The van der Waals surface area contributed by atoms with Gasteiger partial charge in [0.1, 0.15) is 11.5 Å². The quantitative estimate of drug-likeness (QED) is 0.365. The van der Waals surface area contributed by atoms with Crippen LogP contribution in [0.1, 0.15) is 32.1 Å². The normalized spacial score (nSPS) is 14.8. The van der Waals surface area contributed by atoms with E-state index >= 15 is 0 Å². The van der Waals surface area contributed by atoms with Crippen LogP contribution < -0.4 is 0 Å². The van der Waals surface area contributed by atoms with Crippen LogP contribution in [0.3, 0.4) is 0 Å². The van der Waals surface area contributed by atoms with Crippen molar-refractivity contribution in [1.82, 2.24) is 0 Å². The van der Waals surface area contributed by atoms with E-state index in [2.05, 4.69) is 0 Å². The van der Waals surface area contributed by atoms with Gasteiger partial charge >= 0.3 is 12.1 Å². The summed E-state index contributed by atoms with van der Waals surface area (Å²) < 4.78 is 71.6. The van der Waals surface area contributed by atoms with Gasteiger partial charge in [0.25, 0.3) is 0 Å². The van der Waals surface area contributed by atoms with Crippen LogP contribution in [0.25, 0.3) is 0 Å². The summed E-state index contributed by atoms with van der Waals surface area (Å²) in [4.78, 5) is 0. The Hall–Kier alpha value is -0.0800. The molecule has 109 valence electrons. The molecule has 0 heterocycles. The molecular formula is C10H16F5O2S. The molecule has 0 bridgehead atoms. The number of hydrogen-bond donors (Lipinski definition) is 0. The Morgan fingerprint density at radius 2 is 1.44 bits per heavy atom. The van der Waals surface area contributed by atoms with Crippen molar-refractivity contribution >= 4 is 11.2 Å². The van der Waals surface area contributed by atoms with Crippen molar-refractivity contribution in [2.24, 2.45) is 0 Å². The average Bonchev–Trinajstić information content (AvgIpc) is 2.22. The van der Waals surface area contributed by atoms with Gasteiger partial charge in [-0.15, -0.1) is 0 Å². The predicted molar refractivity (Wildman–Crippen MR) is 57.5 cm³/mol. The van der Waals surface area contributed by atoms with E-state index in [0.29, 0.717) is 19.3 Å². The number of hydrogen-bond acceptors (Lipinski definition) is 1. The average molecular weight is 295 g/mol. The second kappa shape index (κ2) is 8.16. The Bertz CT molecular complexity index is 223. The molecule has 18 heavy (non-hydrogen) atoms. The lowest BCUT2D eigenvalue weighted by Crippen LogP contribution is -2.36. The highest BCUT2D eigenvalue weighted by Gasteiger charge is 2.56. The van der Waals surface area contributed by atoms with Gasteiger partial charge in [0, 0.05) is 6.42 Å². The van der Waals surface area contributed by atoms with Crippen molar-refractivity contribution < 1.29 is 31.6 Å². The molecule has 1 atom stereocenters. The molecule has 1 unspecified atom stereocenters. The van der Waals surface area contributed by atoms with Gasteiger partial charge in [-0.1, -0.05) is 11.2 Å². The monoisotopic (exact) mass is 295 g/mol. The zero-order valence-corrected chi connectivity index (χ0v) is 10.6. The van der Waals surface area contributed by atoms with Crippen molar-refractivity contribution in [3.05, 3.63) is 0 Å². The molecule has 0 aromatic heterocycles. The third-order valence-corrected chi connectivity index (χ3v) is 3.78. The molecule has 0 aromatic carbocycles. The van der Waals surface area contributed by atoms with E-state index < -0.39 is 36.1 Å². The van der Waals surface area contributed by atoms with Gasteiger partial charge in [-0.05, 0) is 25.7 Å². The highest BCUT2D eigenvalue weighted by Crippen LogP contribution is 2.38. The maximum Gasteiger partial charge on any atom is 0.453 e. The molecule has 0 N–H and O–H groups in total. The number of rotatable bonds is 9. The molecule has 0 fully saturated rings. The molecule has 2 nitrogen and oxygen atoms in total. The maximum atomic E-state index is 12.5. The summed E-state index contributed by atoms with van der Waals surface area (Å²) in [5, 5.41) is 10.1. The summed E-state index contributed by atoms with van der Waals surface area (Å²) in [6.45, 7) is -0.218. The van der Waals surface area contributed by atoms with Crippen LogP contribution in [-0.4, -0.2) is 34.8 Å². The van der Waals surface area contributed by atoms with Gasteiger partial charge in [-0.3, -0.25) is 0 Å². The Morgan fingerprint density at radius 3 is 1.94 bits per heavy atom. The molecule has 0 aliphatic heterocycles. The Kier molecular flexibility index (Phi) is 8.13. The van der Waals surface area contributed by atoms with E-state index in [-0.39, 0.29) is 18.1 Å². The van der Waals surface area contributed by atoms with Crippen LogP contribution in [0.15, 0.2) is 0 Å². The fourth-order valence-corrected chi connectivity index (χ4v) is 2.44. The summed E-state index contributed by atoms with van der Waals surface area (Å²) in [6, 6.07) is 0. The van der Waals surface area contributed by atoms with E-state index in [4.69, 9.17) is 0 Å². The third kappa shape index (κ3) is 7.38. The zero-order chi connectivity index (χ0) is 14.2. The lowest BCUT2D eigenvalue weighted by molar-refractivity contribution is -0.284. The first kappa shape index (κ1) is 17.9. The van der Waals surface area contributed by atoms with E-state index in [1.54, 1.807) is 0 Å². The van der Waals surface area contributed by atoms with Crippen LogP contribution in [0.5, 0.6) is 0 Å². The van der Waals surface area contributed by atoms with Gasteiger partial charge in [0.2, 0.25) is 0 Å². The summed E-state index contributed by atoms with van der Waals surface area (Å²) >= 11 is -1.39. The second-order valence-corrected chi connectivity index (χ2v) is 5.61. The van der Waals surface area contributed by atoms with Crippen molar-refractivity contribution in [2.45, 2.75) is 44.2 Å². The summed E-state index contributed by atoms with van der Waals surface area (Å²) in [5.74, 6) is -4.62. The summed E-state index contributed by atoms with van der Waals surface area (Å²) in [6.07, 6.45) is -5.70. The van der Waals surface area contributed by atoms with E-state index in [1.165, 1.54) is 0 Å². The van der Waals surface area contributed by atoms with Crippen LogP contribution in [0, 0.1) is 0 Å². The van der Waals surface area contributed by atoms with E-state index in [0.717, 1.165) is 0 Å². The van der Waals surface area contributed by atoms with Crippen molar-refractivity contribution in [3.63, 3.8) is 0 Å². The summed E-state index contributed by atoms with van der Waals surface area (Å²) in [7, 11) is 0. The standard InChI is InChI=1S/C10H16F5O2S/c11-9(12,10(13,14)15)5-4-8-18(17)7-3-1-2-6-16/h1-8H2. The van der Waals surface area contributed by atoms with Crippen LogP contribution >= 0.6 is 0 Å². The van der Waals surface area contributed by atoms with Crippen molar-refractivity contribution in [2.75, 3.05) is 18.1 Å². The minimum Gasteiger partial charge on any atom is -0.616 e. The SMILES string of the molecule is [O]CCCCC[S+]([O-])CCCC(F)(F)C(F)(F)F. The first-order valence-electron chi connectivity index (χ1n) is 5.58. The Balaban J connectivity index is 3.71. The van der Waals surface area contributed by atoms with Gasteiger partial charge in [-0.2, -0.15) is 22.0 Å². The molecule has 0 spiro atoms. The predicted octanol–water partition coefficient (Wildman–Crippen LogP) is 3.31. The van der Waals surface area contributed by atoms with Crippen LogP contribution in [-0.2, 0) is 16.3 Å². The van der Waals surface area contributed by atoms with Crippen LogP contribution in [0.4, 0.5) is 22.0 Å². The fourth-order valence-electron chi connectivity index (χ4n) is 1.24. The first-order chi connectivity index (χ1) is 8.20. The van der Waals surface area contributed by atoms with Gasteiger partial charge in [0.15, 0.2) is 0 Å². The van der Waals surface area contributed by atoms with Gasteiger partial charge < -0.3 is 4.55 Å². The lowest BCUT2D eigenvalue weighted by Gasteiger charge is -2.19. The minimum atomic E-state index is -5.54. The number of alkyl halides is 5. The van der Waals surface area contributed by atoms with Crippen molar-refractivity contribution in [3.8, 4) is 0 Å². The lowest BCUT2D eigenvalue weighted by atomic mass is 10.2. The molecule has 0 aliphatic carbocycles. The molecule has 0 amide bonds. The number of halogens is 5. The molecule has 0 aliphatic rings. The maximum absolute atomic E-state index is 12.5. The second-order valence-electron chi connectivity index (χ2n) is 3.92. The summed E-state index contributed by atoms with van der Waals surface area (Å²) in [5.41, 5.74) is 0. The van der Waals surface area contributed by atoms with E-state index in [1.807, 2.05) is 0 Å². The van der Waals surface area contributed by atoms with Gasteiger partial charge in [0.05, 0.1) is 6.61 Å².